The lowest BCUT2D eigenvalue weighted by atomic mass is 9.80. The van der Waals surface area contributed by atoms with Gasteiger partial charge in [0.15, 0.2) is 5.13 Å². The molecule has 10 nitrogen and oxygen atoms in total. The molecule has 3 aromatic rings. The van der Waals surface area contributed by atoms with E-state index in [2.05, 4.69) is 30.9 Å². The van der Waals surface area contributed by atoms with Crippen LogP contribution in [0.5, 0.6) is 0 Å². The predicted octanol–water partition coefficient (Wildman–Crippen LogP) is 3.46. The third-order valence-electron chi connectivity index (χ3n) is 8.98. The SMILES string of the molecule is O=C(NC1(C(=O)NCC(O)c2ccccc2)CCCCC1)c1ccc(-c2csc(N3CCN(N4CCOCC4)CC3)n2)cc1. The minimum absolute atomic E-state index is 0.0916. The molecular weight excluding hydrogens is 576 g/mol. The van der Waals surface area contributed by atoms with Crippen LogP contribution in [0.15, 0.2) is 60.0 Å². The molecule has 1 aromatic heterocycles. The molecule has 2 saturated heterocycles. The summed E-state index contributed by atoms with van der Waals surface area (Å²) >= 11 is 1.65. The Balaban J connectivity index is 1.05. The van der Waals surface area contributed by atoms with Gasteiger partial charge in [-0.3, -0.25) is 9.59 Å². The van der Waals surface area contributed by atoms with Crippen LogP contribution in [0, 0.1) is 0 Å². The summed E-state index contributed by atoms with van der Waals surface area (Å²) in [6.45, 7) is 7.44. The van der Waals surface area contributed by atoms with Gasteiger partial charge in [-0.15, -0.1) is 11.3 Å². The number of aliphatic hydroxyl groups excluding tert-OH is 1. The van der Waals surface area contributed by atoms with Crippen LogP contribution in [0.1, 0.15) is 54.1 Å². The molecule has 6 rings (SSSR count). The van der Waals surface area contributed by atoms with E-state index in [-0.39, 0.29) is 18.4 Å². The fourth-order valence-corrected chi connectivity index (χ4v) is 7.23. The van der Waals surface area contributed by atoms with Gasteiger partial charge in [0, 0.05) is 62.3 Å². The maximum Gasteiger partial charge on any atom is 0.252 e. The second kappa shape index (κ2) is 14.2. The van der Waals surface area contributed by atoms with Gasteiger partial charge in [-0.1, -0.05) is 61.7 Å². The zero-order valence-corrected chi connectivity index (χ0v) is 25.9. The average Bonchev–Trinajstić information content (AvgIpc) is 3.59. The third-order valence-corrected chi connectivity index (χ3v) is 9.89. The first-order valence-electron chi connectivity index (χ1n) is 15.7. The lowest BCUT2D eigenvalue weighted by Gasteiger charge is -2.42. The van der Waals surface area contributed by atoms with Crippen LogP contribution >= 0.6 is 11.3 Å². The molecular formula is C33H42N6O4S. The van der Waals surface area contributed by atoms with E-state index in [1.54, 1.807) is 23.5 Å². The maximum absolute atomic E-state index is 13.4. The Morgan fingerprint density at radius 2 is 1.59 bits per heavy atom. The molecule has 2 amide bonds. The van der Waals surface area contributed by atoms with Crippen LogP contribution in [0.2, 0.25) is 0 Å². The highest BCUT2D eigenvalue weighted by Crippen LogP contribution is 2.31. The number of carbonyl (C=O) groups excluding carboxylic acids is 2. The van der Waals surface area contributed by atoms with Gasteiger partial charge in [0.25, 0.3) is 5.91 Å². The van der Waals surface area contributed by atoms with Gasteiger partial charge in [0.05, 0.1) is 25.0 Å². The number of hydrazine groups is 1. The summed E-state index contributed by atoms with van der Waals surface area (Å²) in [6.07, 6.45) is 3.10. The number of hydrogen-bond donors (Lipinski definition) is 3. The van der Waals surface area contributed by atoms with E-state index in [4.69, 9.17) is 9.72 Å². The molecule has 1 saturated carbocycles. The highest BCUT2D eigenvalue weighted by Gasteiger charge is 2.41. The van der Waals surface area contributed by atoms with Gasteiger partial charge < -0.3 is 25.4 Å². The first-order valence-corrected chi connectivity index (χ1v) is 16.6. The Kier molecular flexibility index (Phi) is 9.88. The lowest BCUT2D eigenvalue weighted by Crippen LogP contribution is -2.60. The fraction of sp³-hybridized carbons (Fsp3) is 0.485. The number of benzene rings is 2. The van der Waals surface area contributed by atoms with E-state index >= 15 is 0 Å². The number of nitrogens with zero attached hydrogens (tertiary/aromatic N) is 4. The Morgan fingerprint density at radius 1 is 0.909 bits per heavy atom. The molecule has 3 fully saturated rings. The van der Waals surface area contributed by atoms with E-state index in [0.29, 0.717) is 18.4 Å². The second-order valence-corrected chi connectivity index (χ2v) is 12.7. The number of morpholine rings is 1. The second-order valence-electron chi connectivity index (χ2n) is 11.8. The molecule has 3 N–H and O–H groups in total. The highest BCUT2D eigenvalue weighted by atomic mass is 32.1. The van der Waals surface area contributed by atoms with Crippen molar-refractivity contribution in [2.24, 2.45) is 0 Å². The highest BCUT2D eigenvalue weighted by molar-refractivity contribution is 7.14. The van der Waals surface area contributed by atoms with Crippen molar-refractivity contribution < 1.29 is 19.4 Å². The molecule has 44 heavy (non-hydrogen) atoms. The van der Waals surface area contributed by atoms with Crippen molar-refractivity contribution >= 4 is 28.3 Å². The largest absolute Gasteiger partial charge is 0.387 e. The third kappa shape index (κ3) is 7.13. The van der Waals surface area contributed by atoms with Crippen molar-refractivity contribution in [3.8, 4) is 11.3 Å². The normalized spacial score (nSPS) is 20.2. The molecule has 1 atom stereocenters. The predicted molar refractivity (Wildman–Crippen MR) is 171 cm³/mol. The van der Waals surface area contributed by atoms with Gasteiger partial charge in [-0.05, 0) is 30.5 Å². The van der Waals surface area contributed by atoms with Crippen molar-refractivity contribution in [3.05, 3.63) is 71.1 Å². The molecule has 3 heterocycles. The van der Waals surface area contributed by atoms with E-state index in [1.807, 2.05) is 42.5 Å². The summed E-state index contributed by atoms with van der Waals surface area (Å²) in [5.74, 6) is -0.507. The van der Waals surface area contributed by atoms with Crippen molar-refractivity contribution in [3.63, 3.8) is 0 Å². The molecule has 0 bridgehead atoms. The van der Waals surface area contributed by atoms with Crippen molar-refractivity contribution in [2.45, 2.75) is 43.7 Å². The van der Waals surface area contributed by atoms with Gasteiger partial charge in [0.1, 0.15) is 5.54 Å². The van der Waals surface area contributed by atoms with E-state index in [1.165, 1.54) is 0 Å². The van der Waals surface area contributed by atoms with E-state index in [0.717, 1.165) is 93.7 Å². The molecule has 3 aliphatic rings. The van der Waals surface area contributed by atoms with Crippen LogP contribution in [-0.2, 0) is 9.53 Å². The summed E-state index contributed by atoms with van der Waals surface area (Å²) in [5.41, 5.74) is 2.11. The lowest BCUT2D eigenvalue weighted by molar-refractivity contribution is -0.129. The average molecular weight is 619 g/mol. The van der Waals surface area contributed by atoms with Gasteiger partial charge in [0.2, 0.25) is 5.91 Å². The standard InChI is InChI=1S/C33H42N6O4S/c40-29(26-7-3-1-4-8-26)23-34-31(42)33(13-5-2-6-14-33)36-30(41)27-11-9-25(10-12-27)28-24-44-32(35-28)37-15-17-38(18-16-37)39-19-21-43-22-20-39/h1,3-4,7-12,24,29,40H,2,5-6,13-23H2,(H,34,42)(H,36,41). The molecule has 1 unspecified atom stereocenters. The Hall–Kier alpha value is -3.35. The molecule has 2 aliphatic heterocycles. The van der Waals surface area contributed by atoms with Crippen LogP contribution in [0.4, 0.5) is 5.13 Å². The fourth-order valence-electron chi connectivity index (χ4n) is 6.35. The van der Waals surface area contributed by atoms with Crippen molar-refractivity contribution in [1.82, 2.24) is 25.6 Å². The van der Waals surface area contributed by atoms with Gasteiger partial charge >= 0.3 is 0 Å². The summed E-state index contributed by atoms with van der Waals surface area (Å²) in [6, 6.07) is 16.7. The zero-order valence-electron chi connectivity index (χ0n) is 25.1. The number of amides is 2. The summed E-state index contributed by atoms with van der Waals surface area (Å²) in [5, 5.41) is 24.5. The number of piperazine rings is 1. The summed E-state index contributed by atoms with van der Waals surface area (Å²) in [4.78, 5) is 34.1. The minimum atomic E-state index is -0.986. The summed E-state index contributed by atoms with van der Waals surface area (Å²) in [7, 11) is 0. The van der Waals surface area contributed by atoms with Crippen molar-refractivity contribution in [1.29, 1.82) is 0 Å². The number of hydrogen-bond acceptors (Lipinski definition) is 9. The summed E-state index contributed by atoms with van der Waals surface area (Å²) < 4.78 is 5.49. The Morgan fingerprint density at radius 3 is 2.30 bits per heavy atom. The molecule has 0 radical (unpaired) electrons. The van der Waals surface area contributed by atoms with Crippen LogP contribution in [0.3, 0.4) is 0 Å². The zero-order chi connectivity index (χ0) is 30.4. The smallest absolute Gasteiger partial charge is 0.252 e. The molecule has 0 spiro atoms. The number of rotatable bonds is 9. The quantitative estimate of drug-likeness (QED) is 0.335. The number of aliphatic hydroxyl groups is 1. The Labute approximate surface area is 263 Å². The van der Waals surface area contributed by atoms with Crippen LogP contribution < -0.4 is 15.5 Å². The van der Waals surface area contributed by atoms with Crippen LogP contribution in [-0.4, -0.2) is 96.5 Å². The topological polar surface area (TPSA) is 110 Å². The maximum atomic E-state index is 13.4. The molecule has 234 valence electrons. The number of anilines is 1. The molecule has 2 aromatic carbocycles. The van der Waals surface area contributed by atoms with Crippen molar-refractivity contribution in [2.75, 3.05) is 63.9 Å². The molecule has 1 aliphatic carbocycles. The first kappa shape index (κ1) is 30.7. The number of thiazole rings is 1. The Bertz CT molecular complexity index is 1380. The number of nitrogens with one attached hydrogen (secondary N) is 2. The number of ether oxygens (including phenoxy) is 1. The van der Waals surface area contributed by atoms with Crippen LogP contribution in [0.25, 0.3) is 11.3 Å². The molecule has 11 heteroatoms. The van der Waals surface area contributed by atoms with E-state index in [9.17, 15) is 14.7 Å². The first-order chi connectivity index (χ1) is 21.5. The van der Waals surface area contributed by atoms with Gasteiger partial charge in [-0.2, -0.15) is 0 Å². The minimum Gasteiger partial charge on any atom is -0.387 e. The monoisotopic (exact) mass is 618 g/mol. The van der Waals surface area contributed by atoms with E-state index < -0.39 is 11.6 Å². The number of aromatic nitrogens is 1. The number of carbonyl (C=O) groups is 2. The van der Waals surface area contributed by atoms with Gasteiger partial charge in [-0.25, -0.2) is 15.0 Å².